The van der Waals surface area contributed by atoms with Gasteiger partial charge in [0.05, 0.1) is 0 Å². The molecule has 1 heterocycles. The van der Waals surface area contributed by atoms with Crippen LogP contribution >= 0.6 is 0 Å². The molecular formula is C19H26N2O. The first kappa shape index (κ1) is 14.1. The number of nitrogens with one attached hydrogen (secondary N) is 2. The summed E-state index contributed by atoms with van der Waals surface area (Å²) in [5.74, 6) is 1.57. The number of hydrogen-bond acceptors (Lipinski definition) is 2. The Morgan fingerprint density at radius 1 is 1.14 bits per heavy atom. The molecule has 1 amide bonds. The maximum Gasteiger partial charge on any atom is 0.251 e. The van der Waals surface area contributed by atoms with Crippen LogP contribution < -0.4 is 10.6 Å². The van der Waals surface area contributed by atoms with Crippen molar-refractivity contribution in [3.8, 4) is 0 Å². The first-order valence-electron chi connectivity index (χ1n) is 9.00. The van der Waals surface area contributed by atoms with Gasteiger partial charge in [0.1, 0.15) is 0 Å². The van der Waals surface area contributed by atoms with Gasteiger partial charge in [0.2, 0.25) is 0 Å². The fourth-order valence-electron chi connectivity index (χ4n) is 4.29. The summed E-state index contributed by atoms with van der Waals surface area (Å²) in [5.41, 5.74) is 3.46. The zero-order chi connectivity index (χ0) is 14.9. The summed E-state index contributed by atoms with van der Waals surface area (Å²) in [4.78, 5) is 12.4. The van der Waals surface area contributed by atoms with Crippen LogP contribution in [-0.4, -0.2) is 18.5 Å². The van der Waals surface area contributed by atoms with Crippen LogP contribution in [0.25, 0.3) is 0 Å². The Morgan fingerprint density at radius 3 is 2.82 bits per heavy atom. The van der Waals surface area contributed by atoms with Gasteiger partial charge in [0.25, 0.3) is 5.91 Å². The van der Waals surface area contributed by atoms with Gasteiger partial charge in [-0.3, -0.25) is 4.79 Å². The topological polar surface area (TPSA) is 41.1 Å². The third-order valence-corrected chi connectivity index (χ3v) is 5.88. The molecular weight excluding hydrogens is 272 g/mol. The van der Waals surface area contributed by atoms with Gasteiger partial charge >= 0.3 is 0 Å². The van der Waals surface area contributed by atoms with Crippen LogP contribution in [0.1, 0.15) is 73.2 Å². The molecule has 0 spiro atoms. The fourth-order valence-corrected chi connectivity index (χ4v) is 4.29. The molecule has 2 unspecified atom stereocenters. The first-order valence-corrected chi connectivity index (χ1v) is 9.00. The average molecular weight is 298 g/mol. The molecule has 0 saturated heterocycles. The highest BCUT2D eigenvalue weighted by atomic mass is 16.1. The van der Waals surface area contributed by atoms with E-state index in [2.05, 4.69) is 22.8 Å². The smallest absolute Gasteiger partial charge is 0.251 e. The number of anilines is 1. The van der Waals surface area contributed by atoms with E-state index in [1.807, 2.05) is 6.07 Å². The monoisotopic (exact) mass is 298 g/mol. The molecule has 2 atom stereocenters. The van der Waals surface area contributed by atoms with Crippen LogP contribution in [0.15, 0.2) is 18.2 Å². The molecule has 0 bridgehead atoms. The molecule has 4 rings (SSSR count). The van der Waals surface area contributed by atoms with E-state index in [0.717, 1.165) is 24.4 Å². The molecule has 2 fully saturated rings. The summed E-state index contributed by atoms with van der Waals surface area (Å²) >= 11 is 0. The van der Waals surface area contributed by atoms with Gasteiger partial charge in [-0.1, -0.05) is 32.1 Å². The molecule has 2 saturated carbocycles. The van der Waals surface area contributed by atoms with Crippen molar-refractivity contribution in [3.05, 3.63) is 29.3 Å². The Bertz CT molecular complexity index is 565. The molecule has 118 valence electrons. The number of rotatable bonds is 4. The molecule has 0 radical (unpaired) electrons. The number of benzene rings is 1. The average Bonchev–Trinajstić information content (AvgIpc) is 2.87. The zero-order valence-corrected chi connectivity index (χ0v) is 13.2. The molecule has 3 nitrogen and oxygen atoms in total. The Morgan fingerprint density at radius 2 is 2.00 bits per heavy atom. The maximum absolute atomic E-state index is 12.4. The van der Waals surface area contributed by atoms with E-state index < -0.39 is 0 Å². The van der Waals surface area contributed by atoms with Crippen LogP contribution in [0.3, 0.4) is 0 Å². The number of carbonyl (C=O) groups is 1. The van der Waals surface area contributed by atoms with Gasteiger partial charge < -0.3 is 10.6 Å². The van der Waals surface area contributed by atoms with Crippen LogP contribution in [0, 0.1) is 5.92 Å². The van der Waals surface area contributed by atoms with E-state index in [9.17, 15) is 4.79 Å². The Labute approximate surface area is 132 Å². The summed E-state index contributed by atoms with van der Waals surface area (Å²) in [6, 6.07) is 6.81. The molecule has 2 N–H and O–H groups in total. The van der Waals surface area contributed by atoms with Crippen molar-refractivity contribution in [2.75, 3.05) is 11.9 Å². The van der Waals surface area contributed by atoms with E-state index in [1.54, 1.807) is 0 Å². The van der Waals surface area contributed by atoms with Crippen molar-refractivity contribution < 1.29 is 4.79 Å². The number of hydrogen-bond donors (Lipinski definition) is 2. The summed E-state index contributed by atoms with van der Waals surface area (Å²) in [6.07, 6.45) is 10.4. The number of fused-ring (bicyclic) bond motifs is 3. The molecule has 1 aromatic carbocycles. The van der Waals surface area contributed by atoms with Crippen molar-refractivity contribution in [1.29, 1.82) is 0 Å². The standard InChI is InChI=1S/C19H26N2O/c22-19(20-11-10-13-4-3-5-13)14-8-9-18-16(12-14)15-6-1-2-7-17(15)21-18/h8-9,12-13,15,17,21H,1-7,10-11H2,(H,20,22). The van der Waals surface area contributed by atoms with E-state index in [4.69, 9.17) is 0 Å². The predicted molar refractivity (Wildman–Crippen MR) is 89.4 cm³/mol. The lowest BCUT2D eigenvalue weighted by Crippen LogP contribution is -2.27. The van der Waals surface area contributed by atoms with Crippen LogP contribution in [0.2, 0.25) is 0 Å². The van der Waals surface area contributed by atoms with Gasteiger partial charge in [-0.15, -0.1) is 0 Å². The van der Waals surface area contributed by atoms with Crippen LogP contribution in [0.4, 0.5) is 5.69 Å². The van der Waals surface area contributed by atoms with Gasteiger partial charge in [0, 0.05) is 29.8 Å². The Kier molecular flexibility index (Phi) is 3.81. The number of amides is 1. The molecule has 1 aliphatic heterocycles. The highest BCUT2D eigenvalue weighted by Gasteiger charge is 2.34. The first-order chi connectivity index (χ1) is 10.8. The quantitative estimate of drug-likeness (QED) is 0.880. The third-order valence-electron chi connectivity index (χ3n) is 5.88. The van der Waals surface area contributed by atoms with Crippen molar-refractivity contribution in [2.45, 2.75) is 63.3 Å². The normalized spacial score (nSPS) is 26.5. The molecule has 0 aromatic heterocycles. The molecule has 3 heteroatoms. The van der Waals surface area contributed by atoms with E-state index in [0.29, 0.717) is 12.0 Å². The lowest BCUT2D eigenvalue weighted by Gasteiger charge is -2.25. The lowest BCUT2D eigenvalue weighted by atomic mass is 9.82. The van der Waals surface area contributed by atoms with Crippen LogP contribution in [0.5, 0.6) is 0 Å². The lowest BCUT2D eigenvalue weighted by molar-refractivity contribution is 0.0949. The second-order valence-corrected chi connectivity index (χ2v) is 7.29. The minimum Gasteiger partial charge on any atom is -0.381 e. The Balaban J connectivity index is 1.41. The second kappa shape index (κ2) is 5.94. The molecule has 22 heavy (non-hydrogen) atoms. The Hall–Kier alpha value is -1.51. The minimum absolute atomic E-state index is 0.0985. The van der Waals surface area contributed by atoms with Crippen LogP contribution in [-0.2, 0) is 0 Å². The predicted octanol–water partition coefficient (Wildman–Crippen LogP) is 4.06. The third kappa shape index (κ3) is 2.62. The van der Waals surface area contributed by atoms with Crippen molar-refractivity contribution in [1.82, 2.24) is 5.32 Å². The summed E-state index contributed by atoms with van der Waals surface area (Å²) in [5, 5.41) is 6.75. The van der Waals surface area contributed by atoms with E-state index >= 15 is 0 Å². The van der Waals surface area contributed by atoms with Gasteiger partial charge in [-0.25, -0.2) is 0 Å². The minimum atomic E-state index is 0.0985. The fraction of sp³-hybridized carbons (Fsp3) is 0.632. The molecule has 2 aliphatic carbocycles. The molecule has 1 aromatic rings. The highest BCUT2D eigenvalue weighted by molar-refractivity contribution is 5.95. The zero-order valence-electron chi connectivity index (χ0n) is 13.2. The second-order valence-electron chi connectivity index (χ2n) is 7.29. The SMILES string of the molecule is O=C(NCCC1CCC1)c1ccc2c(c1)C1CCCCC1N2. The largest absolute Gasteiger partial charge is 0.381 e. The summed E-state index contributed by atoms with van der Waals surface area (Å²) in [6.45, 7) is 0.824. The summed E-state index contributed by atoms with van der Waals surface area (Å²) < 4.78 is 0. The van der Waals surface area contributed by atoms with Gasteiger partial charge in [0.15, 0.2) is 0 Å². The number of carbonyl (C=O) groups excluding carboxylic acids is 1. The van der Waals surface area contributed by atoms with Crippen molar-refractivity contribution >= 4 is 11.6 Å². The van der Waals surface area contributed by atoms with Gasteiger partial charge in [-0.2, -0.15) is 0 Å². The van der Waals surface area contributed by atoms with Crippen molar-refractivity contribution in [2.24, 2.45) is 5.92 Å². The summed E-state index contributed by atoms with van der Waals surface area (Å²) in [7, 11) is 0. The van der Waals surface area contributed by atoms with Crippen molar-refractivity contribution in [3.63, 3.8) is 0 Å². The van der Waals surface area contributed by atoms with E-state index in [-0.39, 0.29) is 5.91 Å². The maximum atomic E-state index is 12.4. The van der Waals surface area contributed by atoms with Gasteiger partial charge in [-0.05, 0) is 48.9 Å². The highest BCUT2D eigenvalue weighted by Crippen LogP contribution is 2.44. The molecule has 3 aliphatic rings. The van der Waals surface area contributed by atoms with E-state index in [1.165, 1.54) is 56.2 Å².